The molecule has 0 amide bonds. The van der Waals surface area contributed by atoms with Crippen LogP contribution < -0.4 is 0 Å². The quantitative estimate of drug-likeness (QED) is 0.184. The molecule has 0 fully saturated rings. The van der Waals surface area contributed by atoms with Gasteiger partial charge < -0.3 is 0 Å². The van der Waals surface area contributed by atoms with Gasteiger partial charge in [0.05, 0.1) is 23.3 Å². The molecule has 0 aliphatic heterocycles. The van der Waals surface area contributed by atoms with Crippen molar-refractivity contribution in [3.8, 4) is 79.7 Å². The first-order valence-electron chi connectivity index (χ1n) is 14.9. The molecule has 0 atom stereocenters. The Balaban J connectivity index is 1.38. The second-order valence-electron chi connectivity index (χ2n) is 10.9. The van der Waals surface area contributed by atoms with Crippen molar-refractivity contribution in [1.29, 1.82) is 10.5 Å². The normalized spacial score (nSPS) is 10.6. The number of rotatable bonds is 6. The van der Waals surface area contributed by atoms with E-state index in [-0.39, 0.29) is 0 Å². The molecule has 0 bridgehead atoms. The fourth-order valence-electron chi connectivity index (χ4n) is 5.43. The summed E-state index contributed by atoms with van der Waals surface area (Å²) in [6.07, 6.45) is 0. The summed E-state index contributed by atoms with van der Waals surface area (Å²) in [7, 11) is 0. The van der Waals surface area contributed by atoms with Gasteiger partial charge in [-0.15, -0.1) is 0 Å². The van der Waals surface area contributed by atoms with Crippen LogP contribution >= 0.6 is 11.6 Å². The van der Waals surface area contributed by atoms with Gasteiger partial charge in [-0.25, -0.2) is 15.0 Å². The molecule has 0 aliphatic carbocycles. The molecule has 7 aromatic rings. The Morgan fingerprint density at radius 1 is 0.383 bits per heavy atom. The van der Waals surface area contributed by atoms with E-state index in [9.17, 15) is 10.5 Å². The maximum absolute atomic E-state index is 9.40. The Bertz CT molecular complexity index is 2280. The molecule has 7 rings (SSSR count). The molecule has 5 nitrogen and oxygen atoms in total. The molecule has 1 aromatic heterocycles. The average molecular weight is 622 g/mol. The van der Waals surface area contributed by atoms with E-state index in [0.717, 1.165) is 50.1 Å². The van der Waals surface area contributed by atoms with Crippen LogP contribution in [0, 0.1) is 22.7 Å². The molecule has 6 heteroatoms. The van der Waals surface area contributed by atoms with Crippen LogP contribution in [0.4, 0.5) is 0 Å². The van der Waals surface area contributed by atoms with Crippen LogP contribution in [-0.2, 0) is 0 Å². The lowest BCUT2D eigenvalue weighted by Crippen LogP contribution is -2.00. The predicted octanol–water partition coefficient (Wildman–Crippen LogP) is 10.3. The van der Waals surface area contributed by atoms with Crippen LogP contribution in [-0.4, -0.2) is 15.0 Å². The number of benzene rings is 6. The molecule has 220 valence electrons. The van der Waals surface area contributed by atoms with Crippen molar-refractivity contribution in [3.63, 3.8) is 0 Å². The largest absolute Gasteiger partial charge is 0.208 e. The molecule has 0 radical (unpaired) electrons. The number of hydrogen-bond acceptors (Lipinski definition) is 5. The Labute approximate surface area is 277 Å². The first kappa shape index (κ1) is 29.3. The van der Waals surface area contributed by atoms with E-state index < -0.39 is 0 Å². The van der Waals surface area contributed by atoms with E-state index in [1.807, 2.05) is 115 Å². The Kier molecular flexibility index (Phi) is 8.05. The number of hydrogen-bond donors (Lipinski definition) is 0. The third-order valence-electron chi connectivity index (χ3n) is 7.92. The molecule has 47 heavy (non-hydrogen) atoms. The third-order valence-corrected chi connectivity index (χ3v) is 8.17. The second kappa shape index (κ2) is 12.9. The zero-order chi connectivity index (χ0) is 32.2. The summed E-state index contributed by atoms with van der Waals surface area (Å²) in [6, 6.07) is 51.4. The minimum absolute atomic E-state index is 0.522. The minimum atomic E-state index is 0.522. The standard InChI is InChI=1S/C41H24ClN5/c42-36-21-18-34(19-22-36)40-45-39(33-16-14-30(15-17-33)29-4-2-1-3-5-29)46-41(47-40)35-20-23-37(31-10-6-27(25-43)7-11-31)38(24-35)32-12-8-28(26-44)9-13-32/h1-24H. The molecule has 0 saturated carbocycles. The van der Waals surface area contributed by atoms with Crippen molar-refractivity contribution < 1.29 is 0 Å². The van der Waals surface area contributed by atoms with Crippen LogP contribution in [0.15, 0.2) is 146 Å². The van der Waals surface area contributed by atoms with E-state index in [1.165, 1.54) is 0 Å². The summed E-state index contributed by atoms with van der Waals surface area (Å²) >= 11 is 6.21. The van der Waals surface area contributed by atoms with E-state index in [2.05, 4.69) is 42.5 Å². The average Bonchev–Trinajstić information content (AvgIpc) is 3.15. The van der Waals surface area contributed by atoms with Crippen molar-refractivity contribution in [2.24, 2.45) is 0 Å². The number of halogens is 1. The van der Waals surface area contributed by atoms with Crippen LogP contribution in [0.25, 0.3) is 67.5 Å². The van der Waals surface area contributed by atoms with Gasteiger partial charge in [0, 0.05) is 21.7 Å². The Morgan fingerprint density at radius 3 is 1.32 bits per heavy atom. The van der Waals surface area contributed by atoms with Crippen molar-refractivity contribution in [2.45, 2.75) is 0 Å². The van der Waals surface area contributed by atoms with E-state index >= 15 is 0 Å². The second-order valence-corrected chi connectivity index (χ2v) is 11.3. The molecule has 0 N–H and O–H groups in total. The highest BCUT2D eigenvalue weighted by molar-refractivity contribution is 6.30. The van der Waals surface area contributed by atoms with Gasteiger partial charge in [0.25, 0.3) is 0 Å². The minimum Gasteiger partial charge on any atom is -0.208 e. The van der Waals surface area contributed by atoms with Gasteiger partial charge in [-0.05, 0) is 88.0 Å². The molecular weight excluding hydrogens is 598 g/mol. The molecule has 0 aliphatic rings. The molecule has 0 spiro atoms. The Hall–Kier alpha value is -6.40. The van der Waals surface area contributed by atoms with Crippen molar-refractivity contribution in [1.82, 2.24) is 15.0 Å². The van der Waals surface area contributed by atoms with Gasteiger partial charge in [0.1, 0.15) is 0 Å². The summed E-state index contributed by atoms with van der Waals surface area (Å²) in [6.45, 7) is 0. The van der Waals surface area contributed by atoms with Crippen LogP contribution in [0.5, 0.6) is 0 Å². The van der Waals surface area contributed by atoms with Crippen LogP contribution in [0.1, 0.15) is 11.1 Å². The number of aromatic nitrogens is 3. The van der Waals surface area contributed by atoms with E-state index in [4.69, 9.17) is 26.6 Å². The van der Waals surface area contributed by atoms with E-state index in [0.29, 0.717) is 33.6 Å². The zero-order valence-electron chi connectivity index (χ0n) is 25.0. The van der Waals surface area contributed by atoms with Gasteiger partial charge in [-0.1, -0.05) is 103 Å². The molecule has 1 heterocycles. The lowest BCUT2D eigenvalue weighted by Gasteiger charge is -2.14. The Morgan fingerprint density at radius 2 is 0.787 bits per heavy atom. The zero-order valence-corrected chi connectivity index (χ0v) is 25.7. The maximum Gasteiger partial charge on any atom is 0.164 e. The third kappa shape index (κ3) is 6.26. The first-order chi connectivity index (χ1) is 23.1. The first-order valence-corrected chi connectivity index (χ1v) is 15.3. The van der Waals surface area contributed by atoms with Gasteiger partial charge in [-0.3, -0.25) is 0 Å². The summed E-state index contributed by atoms with van der Waals surface area (Å²) < 4.78 is 0. The van der Waals surface area contributed by atoms with Gasteiger partial charge in [-0.2, -0.15) is 10.5 Å². The highest BCUT2D eigenvalue weighted by atomic mass is 35.5. The summed E-state index contributed by atoms with van der Waals surface area (Å²) in [5.74, 6) is 1.61. The highest BCUT2D eigenvalue weighted by Crippen LogP contribution is 2.36. The number of nitriles is 2. The smallest absolute Gasteiger partial charge is 0.164 e. The molecule has 6 aromatic carbocycles. The van der Waals surface area contributed by atoms with Crippen molar-refractivity contribution >= 4 is 11.6 Å². The molecule has 0 unspecified atom stereocenters. The number of nitrogens with zero attached hydrogens (tertiary/aromatic N) is 5. The van der Waals surface area contributed by atoms with E-state index in [1.54, 1.807) is 0 Å². The molecule has 0 saturated heterocycles. The van der Waals surface area contributed by atoms with Crippen molar-refractivity contribution in [2.75, 3.05) is 0 Å². The maximum atomic E-state index is 9.40. The summed E-state index contributed by atoms with van der Waals surface area (Å²) in [5.41, 5.74) is 9.73. The predicted molar refractivity (Wildman–Crippen MR) is 187 cm³/mol. The highest BCUT2D eigenvalue weighted by Gasteiger charge is 2.16. The molecular formula is C41H24ClN5. The van der Waals surface area contributed by atoms with Crippen LogP contribution in [0.3, 0.4) is 0 Å². The van der Waals surface area contributed by atoms with Crippen LogP contribution in [0.2, 0.25) is 5.02 Å². The summed E-state index contributed by atoms with van der Waals surface area (Å²) in [5, 5.41) is 19.4. The fraction of sp³-hybridized carbons (Fsp3) is 0. The lowest BCUT2D eigenvalue weighted by molar-refractivity contribution is 1.07. The van der Waals surface area contributed by atoms with Crippen molar-refractivity contribution in [3.05, 3.63) is 162 Å². The van der Waals surface area contributed by atoms with Gasteiger partial charge in [0.2, 0.25) is 0 Å². The monoisotopic (exact) mass is 621 g/mol. The van der Waals surface area contributed by atoms with Gasteiger partial charge >= 0.3 is 0 Å². The lowest BCUT2D eigenvalue weighted by atomic mass is 9.92. The fourth-order valence-corrected chi connectivity index (χ4v) is 5.55. The SMILES string of the molecule is N#Cc1ccc(-c2ccc(-c3nc(-c4ccc(Cl)cc4)nc(-c4ccc(-c5ccccc5)cc4)n3)cc2-c2ccc(C#N)cc2)cc1. The van der Waals surface area contributed by atoms with Gasteiger partial charge in [0.15, 0.2) is 17.5 Å². The summed E-state index contributed by atoms with van der Waals surface area (Å²) in [4.78, 5) is 14.8. The topological polar surface area (TPSA) is 86.2 Å².